The zero-order valence-corrected chi connectivity index (χ0v) is 23.8. The number of benzene rings is 1. The summed E-state index contributed by atoms with van der Waals surface area (Å²) in [6.45, 7) is 3.30. The van der Waals surface area contributed by atoms with E-state index in [-0.39, 0.29) is 47.4 Å². The number of hydrogen-bond donors (Lipinski definition) is 7. The number of hydrogen-bond acceptors (Lipinski definition) is 11. The summed E-state index contributed by atoms with van der Waals surface area (Å²) in [5, 5.41) is 62.9. The molecule has 13 heteroatoms. The third-order valence-electron chi connectivity index (χ3n) is 10.5. The van der Waals surface area contributed by atoms with E-state index in [1.807, 2.05) is 13.0 Å². The molecule has 0 radical (unpaired) electrons. The lowest BCUT2D eigenvalue weighted by molar-refractivity contribution is -0.277. The zero-order valence-electron chi connectivity index (χ0n) is 23.8. The van der Waals surface area contributed by atoms with Crippen LogP contribution in [0.15, 0.2) is 24.3 Å². The Morgan fingerprint density at radius 2 is 1.88 bits per heavy atom. The Kier molecular flexibility index (Phi) is 7.14. The number of aromatic hydroxyl groups is 1. The molecule has 4 bridgehead atoms. The molecule has 3 saturated heterocycles. The molecule has 5 fully saturated rings. The molecule has 2 saturated carbocycles. The highest BCUT2D eigenvalue weighted by Gasteiger charge is 2.71. The fourth-order valence-electron chi connectivity index (χ4n) is 8.47. The van der Waals surface area contributed by atoms with Gasteiger partial charge < -0.3 is 50.2 Å². The van der Waals surface area contributed by atoms with Gasteiger partial charge in [0.2, 0.25) is 12.2 Å². The van der Waals surface area contributed by atoms with Crippen molar-refractivity contribution in [1.29, 1.82) is 0 Å². The fraction of sp³-hybridized carbons (Fsp3) is 0.633. The smallest absolute Gasteiger partial charge is 0.339 e. The Balaban J connectivity index is 1.22. The van der Waals surface area contributed by atoms with Gasteiger partial charge in [-0.3, -0.25) is 9.59 Å². The van der Waals surface area contributed by atoms with Crippen LogP contribution >= 0.6 is 0 Å². The first-order chi connectivity index (χ1) is 20.2. The summed E-state index contributed by atoms with van der Waals surface area (Å²) in [6.07, 6.45) is -1.86. The average Bonchev–Trinajstić information content (AvgIpc) is 3.32. The normalized spacial score (nSPS) is 42.6. The molecule has 234 valence electrons. The highest BCUT2D eigenvalue weighted by Crippen LogP contribution is 2.71. The first-order valence-corrected chi connectivity index (χ1v) is 14.5. The minimum Gasteiger partial charge on any atom is -0.505 e. The third kappa shape index (κ3) is 4.56. The van der Waals surface area contributed by atoms with E-state index in [9.17, 15) is 45.0 Å². The summed E-state index contributed by atoms with van der Waals surface area (Å²) < 4.78 is 17.4. The number of rotatable bonds is 8. The molecule has 11 atom stereocenters. The Morgan fingerprint density at radius 3 is 2.56 bits per heavy atom. The van der Waals surface area contributed by atoms with Crippen LogP contribution < -0.4 is 10.1 Å². The summed E-state index contributed by atoms with van der Waals surface area (Å²) in [7, 11) is 0. The molecule has 7 N–H and O–H groups in total. The number of aliphatic hydroxyl groups is 4. The van der Waals surface area contributed by atoms with Crippen molar-refractivity contribution in [2.24, 2.45) is 22.7 Å². The van der Waals surface area contributed by atoms with Gasteiger partial charge in [0, 0.05) is 17.8 Å². The molecule has 3 aliphatic heterocycles. The second-order valence-electron chi connectivity index (χ2n) is 13.1. The van der Waals surface area contributed by atoms with E-state index in [2.05, 4.69) is 12.2 Å². The van der Waals surface area contributed by atoms with E-state index < -0.39 is 71.6 Å². The fourth-order valence-corrected chi connectivity index (χ4v) is 8.47. The number of carbonyl (C=O) groups is 3. The number of aliphatic hydroxyl groups excluding tert-OH is 4. The standard InChI is InChI=1S/C30H37NO12/c1-28(18(33)5-8-30-10-13-9-16(25(28)30)43-29(13,2)12-30)7-6-19(34)31-20-15(4-3-14(21(20)35)26(39)40)41-27-24(38)23(37)22(36)17(11-32)42-27/h3-5,8,13,16-17,22-25,27,32,35-38H,6-7,9-12H2,1-2H3,(H,31,34)(H,39,40)/t13-,16+,17-,22-,23+,24-,25+,27-,28-,29+,30+/m1/s1. The van der Waals surface area contributed by atoms with Crippen LogP contribution in [0, 0.1) is 22.7 Å². The SMILES string of the molecule is C[C@]12C[C@@]34C=CC(=O)[C@@](C)(CCC(=O)Nc5c(O[C@@H]6O[C@H](CO)[C@@H](O)[C@H](O)[C@H]6O)ccc(C(=O)O)c5O)[C@@H]3[C@H](C[C@@H]1C4)O2. The maximum Gasteiger partial charge on any atom is 0.339 e. The van der Waals surface area contributed by atoms with Crippen LogP contribution in [0.25, 0.3) is 0 Å². The van der Waals surface area contributed by atoms with Gasteiger partial charge in [0.25, 0.3) is 0 Å². The van der Waals surface area contributed by atoms with Crippen LogP contribution in [0.5, 0.6) is 11.5 Å². The molecule has 0 unspecified atom stereocenters. The van der Waals surface area contributed by atoms with Crippen LogP contribution in [0.1, 0.15) is 56.3 Å². The van der Waals surface area contributed by atoms with Gasteiger partial charge in [-0.05, 0) is 62.1 Å². The van der Waals surface area contributed by atoms with Crippen LogP contribution in [-0.4, -0.2) is 97.3 Å². The maximum atomic E-state index is 13.3. The van der Waals surface area contributed by atoms with Crippen molar-refractivity contribution in [2.45, 2.75) is 88.4 Å². The van der Waals surface area contributed by atoms with Crippen molar-refractivity contribution in [3.05, 3.63) is 29.8 Å². The molecule has 43 heavy (non-hydrogen) atoms. The molecule has 0 aromatic heterocycles. The number of carboxylic acids is 1. The molecule has 1 aromatic carbocycles. The summed E-state index contributed by atoms with van der Waals surface area (Å²) in [4.78, 5) is 38.4. The largest absolute Gasteiger partial charge is 0.505 e. The lowest BCUT2D eigenvalue weighted by atomic mass is 9.51. The van der Waals surface area contributed by atoms with Crippen molar-refractivity contribution >= 4 is 23.3 Å². The Hall–Kier alpha value is -3.07. The predicted octanol–water partition coefficient (Wildman–Crippen LogP) is 0.707. The molecular formula is C30H37NO12. The van der Waals surface area contributed by atoms with Crippen LogP contribution in [-0.2, 0) is 19.1 Å². The third-order valence-corrected chi connectivity index (χ3v) is 10.5. The highest BCUT2D eigenvalue weighted by molar-refractivity contribution is 6.00. The van der Waals surface area contributed by atoms with Crippen molar-refractivity contribution in [3.63, 3.8) is 0 Å². The number of phenols is 1. The average molecular weight is 604 g/mol. The number of carbonyl (C=O) groups excluding carboxylic acids is 2. The number of carboxylic acid groups (broad SMARTS) is 1. The molecule has 1 amide bonds. The van der Waals surface area contributed by atoms with E-state index in [0.717, 1.165) is 31.4 Å². The predicted molar refractivity (Wildman–Crippen MR) is 146 cm³/mol. The van der Waals surface area contributed by atoms with E-state index in [4.69, 9.17) is 14.2 Å². The number of aromatic carboxylic acids is 1. The summed E-state index contributed by atoms with van der Waals surface area (Å²) in [6, 6.07) is 2.15. The number of anilines is 1. The molecule has 6 aliphatic rings. The summed E-state index contributed by atoms with van der Waals surface area (Å²) in [5.41, 5.74) is -2.21. The van der Waals surface area contributed by atoms with Gasteiger partial charge in [-0.1, -0.05) is 13.0 Å². The molecule has 3 aliphatic carbocycles. The number of ether oxygens (including phenoxy) is 3. The first kappa shape index (κ1) is 30.0. The molecular weight excluding hydrogens is 566 g/mol. The molecule has 1 spiro atoms. The monoisotopic (exact) mass is 603 g/mol. The number of amides is 1. The van der Waals surface area contributed by atoms with Crippen LogP contribution in [0.4, 0.5) is 5.69 Å². The Morgan fingerprint density at radius 1 is 1.14 bits per heavy atom. The Bertz CT molecular complexity index is 1380. The van der Waals surface area contributed by atoms with Gasteiger partial charge in [-0.25, -0.2) is 4.79 Å². The maximum absolute atomic E-state index is 13.3. The summed E-state index contributed by atoms with van der Waals surface area (Å²) in [5.74, 6) is -2.97. The van der Waals surface area contributed by atoms with Crippen molar-refractivity contribution in [3.8, 4) is 11.5 Å². The number of ketones is 1. The quantitative estimate of drug-likeness (QED) is 0.205. The van der Waals surface area contributed by atoms with E-state index in [1.54, 1.807) is 6.08 Å². The van der Waals surface area contributed by atoms with Crippen molar-refractivity contribution in [1.82, 2.24) is 0 Å². The van der Waals surface area contributed by atoms with Gasteiger partial charge in [0.15, 0.2) is 11.5 Å². The van der Waals surface area contributed by atoms with Crippen LogP contribution in [0.2, 0.25) is 0 Å². The molecule has 13 nitrogen and oxygen atoms in total. The second-order valence-corrected chi connectivity index (χ2v) is 13.1. The molecule has 7 rings (SSSR count). The minimum atomic E-state index is -1.79. The van der Waals surface area contributed by atoms with Gasteiger partial charge in [-0.15, -0.1) is 0 Å². The zero-order chi connectivity index (χ0) is 31.1. The van der Waals surface area contributed by atoms with E-state index in [0.29, 0.717) is 5.92 Å². The number of nitrogens with one attached hydrogen (secondary N) is 1. The second kappa shape index (κ2) is 10.2. The summed E-state index contributed by atoms with van der Waals surface area (Å²) >= 11 is 0. The number of allylic oxidation sites excluding steroid dienone is 2. The van der Waals surface area contributed by atoms with Gasteiger partial charge in [0.1, 0.15) is 41.4 Å². The van der Waals surface area contributed by atoms with E-state index in [1.165, 1.54) is 0 Å². The molecule has 3 heterocycles. The lowest BCUT2D eigenvalue weighted by Gasteiger charge is -2.55. The van der Waals surface area contributed by atoms with Gasteiger partial charge in [-0.2, -0.15) is 0 Å². The Labute approximate surface area is 247 Å². The highest BCUT2D eigenvalue weighted by atomic mass is 16.7. The van der Waals surface area contributed by atoms with Crippen LogP contribution in [0.3, 0.4) is 0 Å². The lowest BCUT2D eigenvalue weighted by Crippen LogP contribution is -2.60. The van der Waals surface area contributed by atoms with Crippen molar-refractivity contribution in [2.75, 3.05) is 11.9 Å². The van der Waals surface area contributed by atoms with Gasteiger partial charge in [0.05, 0.1) is 18.3 Å². The van der Waals surface area contributed by atoms with Gasteiger partial charge >= 0.3 is 5.97 Å². The van der Waals surface area contributed by atoms with Crippen molar-refractivity contribution < 1.29 is 59.2 Å². The first-order valence-electron chi connectivity index (χ1n) is 14.5. The van der Waals surface area contributed by atoms with E-state index >= 15 is 0 Å². The minimum absolute atomic E-state index is 0.0826. The molecule has 1 aromatic rings. The topological polar surface area (TPSA) is 212 Å².